The highest BCUT2D eigenvalue weighted by Crippen LogP contribution is 1.86. The number of aryl methyl sites for hydroxylation is 2. The molecule has 0 bridgehead atoms. The molecule has 0 saturated carbocycles. The van der Waals surface area contributed by atoms with Gasteiger partial charge in [-0.05, 0) is 13.8 Å². The maximum absolute atomic E-state index is 11.6. The Morgan fingerprint density at radius 2 is 1.11 bits per heavy atom. The summed E-state index contributed by atoms with van der Waals surface area (Å²) in [4.78, 5) is 49.8. The molecule has 94 valence electrons. The Bertz CT molecular complexity index is 765. The number of hydrogen-bond acceptors (Lipinski definition) is 4. The van der Waals surface area contributed by atoms with Gasteiger partial charge >= 0.3 is 11.4 Å². The number of aromatic amines is 2. The van der Waals surface area contributed by atoms with E-state index in [1.165, 1.54) is 26.2 Å². The molecule has 0 aliphatic carbocycles. The van der Waals surface area contributed by atoms with Crippen LogP contribution in [-0.4, -0.2) is 19.3 Å². The van der Waals surface area contributed by atoms with E-state index in [0.717, 1.165) is 9.35 Å². The van der Waals surface area contributed by atoms with Crippen LogP contribution in [0.15, 0.2) is 31.6 Å². The van der Waals surface area contributed by atoms with Gasteiger partial charge in [0.25, 0.3) is 11.1 Å². The van der Waals surface area contributed by atoms with Crippen LogP contribution < -0.4 is 22.5 Å². The van der Waals surface area contributed by atoms with E-state index >= 15 is 0 Å². The van der Waals surface area contributed by atoms with Crippen LogP contribution in [0.2, 0.25) is 0 Å². The SMILES string of the molecule is Cc1cn(-n2cc(C)c(=O)[nH]c2=O)c(=O)[nH]c1=O. The van der Waals surface area contributed by atoms with E-state index in [2.05, 4.69) is 9.97 Å². The summed E-state index contributed by atoms with van der Waals surface area (Å²) in [6, 6.07) is 0. The molecule has 0 aromatic carbocycles. The minimum Gasteiger partial charge on any atom is -0.272 e. The maximum Gasteiger partial charge on any atom is 0.347 e. The van der Waals surface area contributed by atoms with Crippen molar-refractivity contribution in [2.75, 3.05) is 0 Å². The summed E-state index contributed by atoms with van der Waals surface area (Å²) in [5.74, 6) is 0. The molecule has 0 radical (unpaired) electrons. The first-order chi connectivity index (χ1) is 8.40. The van der Waals surface area contributed by atoms with E-state index in [0.29, 0.717) is 0 Å². The Labute approximate surface area is 99.1 Å². The summed E-state index contributed by atoms with van der Waals surface area (Å²) in [5, 5.41) is 0. The molecule has 8 nitrogen and oxygen atoms in total. The Hall–Kier alpha value is -2.64. The molecule has 0 atom stereocenters. The smallest absolute Gasteiger partial charge is 0.272 e. The van der Waals surface area contributed by atoms with Crippen molar-refractivity contribution in [3.63, 3.8) is 0 Å². The Balaban J connectivity index is 2.86. The molecule has 0 amide bonds. The average molecular weight is 250 g/mol. The molecule has 2 heterocycles. The van der Waals surface area contributed by atoms with E-state index in [4.69, 9.17) is 0 Å². The van der Waals surface area contributed by atoms with Crippen molar-refractivity contribution < 1.29 is 0 Å². The standard InChI is InChI=1S/C10H10N4O4/c1-5-3-13(9(17)11-7(5)15)14-4-6(2)8(16)12-10(14)18/h3-4H,1-2H3,(H,11,15,17)(H,12,16,18). The number of H-pyrrole nitrogens is 2. The van der Waals surface area contributed by atoms with Crippen molar-refractivity contribution in [1.82, 2.24) is 19.3 Å². The van der Waals surface area contributed by atoms with Gasteiger partial charge in [0.1, 0.15) is 0 Å². The summed E-state index contributed by atoms with van der Waals surface area (Å²) in [7, 11) is 0. The van der Waals surface area contributed by atoms with Gasteiger partial charge in [-0.15, -0.1) is 0 Å². The van der Waals surface area contributed by atoms with Gasteiger partial charge in [-0.3, -0.25) is 19.6 Å². The molecule has 8 heteroatoms. The van der Waals surface area contributed by atoms with Gasteiger partial charge in [-0.2, -0.15) is 0 Å². The van der Waals surface area contributed by atoms with Crippen molar-refractivity contribution in [3.05, 3.63) is 65.2 Å². The number of nitrogens with zero attached hydrogens (tertiary/aromatic N) is 2. The normalized spacial score (nSPS) is 10.6. The third kappa shape index (κ3) is 1.83. The Kier molecular flexibility index (Phi) is 2.62. The molecule has 0 fully saturated rings. The highest BCUT2D eigenvalue weighted by atomic mass is 16.2. The summed E-state index contributed by atoms with van der Waals surface area (Å²) >= 11 is 0. The topological polar surface area (TPSA) is 110 Å². The van der Waals surface area contributed by atoms with Crippen LogP contribution in [0.1, 0.15) is 11.1 Å². The fourth-order valence-corrected chi connectivity index (χ4v) is 1.43. The van der Waals surface area contributed by atoms with Crippen LogP contribution in [0.25, 0.3) is 0 Å². The molecule has 18 heavy (non-hydrogen) atoms. The molecule has 0 unspecified atom stereocenters. The number of nitrogens with one attached hydrogen (secondary N) is 2. The minimum atomic E-state index is -0.765. The van der Waals surface area contributed by atoms with Crippen LogP contribution in [0, 0.1) is 13.8 Å². The van der Waals surface area contributed by atoms with Crippen LogP contribution in [-0.2, 0) is 0 Å². The predicted octanol–water partition coefficient (Wildman–Crippen LogP) is -1.69. The highest BCUT2D eigenvalue weighted by Gasteiger charge is 2.06. The second-order valence-electron chi connectivity index (χ2n) is 3.83. The van der Waals surface area contributed by atoms with Gasteiger partial charge in [0.05, 0.1) is 0 Å². The zero-order valence-corrected chi connectivity index (χ0v) is 9.68. The van der Waals surface area contributed by atoms with Crippen molar-refractivity contribution in [2.24, 2.45) is 0 Å². The van der Waals surface area contributed by atoms with Crippen molar-refractivity contribution in [2.45, 2.75) is 13.8 Å². The van der Waals surface area contributed by atoms with Gasteiger partial charge in [0.2, 0.25) is 0 Å². The summed E-state index contributed by atoms with van der Waals surface area (Å²) in [6.45, 7) is 3.00. The van der Waals surface area contributed by atoms with Gasteiger partial charge < -0.3 is 0 Å². The number of aromatic nitrogens is 4. The maximum atomic E-state index is 11.6. The third-order valence-electron chi connectivity index (χ3n) is 2.44. The molecular weight excluding hydrogens is 240 g/mol. The zero-order valence-electron chi connectivity index (χ0n) is 9.68. The fourth-order valence-electron chi connectivity index (χ4n) is 1.43. The van der Waals surface area contributed by atoms with Gasteiger partial charge in [-0.25, -0.2) is 18.9 Å². The van der Waals surface area contributed by atoms with Crippen LogP contribution in [0.5, 0.6) is 0 Å². The average Bonchev–Trinajstić information content (AvgIpc) is 2.29. The predicted molar refractivity (Wildman–Crippen MR) is 62.9 cm³/mol. The fraction of sp³-hybridized carbons (Fsp3) is 0.200. The first-order valence-corrected chi connectivity index (χ1v) is 5.06. The molecule has 2 aromatic rings. The summed E-state index contributed by atoms with van der Waals surface area (Å²) in [5.41, 5.74) is -2.04. The van der Waals surface area contributed by atoms with Crippen molar-refractivity contribution >= 4 is 0 Å². The first-order valence-electron chi connectivity index (χ1n) is 5.06. The lowest BCUT2D eigenvalue weighted by molar-refractivity contribution is 0.560. The van der Waals surface area contributed by atoms with Crippen molar-refractivity contribution in [1.29, 1.82) is 0 Å². The van der Waals surface area contributed by atoms with Crippen LogP contribution in [0.4, 0.5) is 0 Å². The van der Waals surface area contributed by atoms with E-state index in [-0.39, 0.29) is 11.1 Å². The zero-order chi connectivity index (χ0) is 13.4. The molecule has 0 spiro atoms. The molecule has 2 N–H and O–H groups in total. The third-order valence-corrected chi connectivity index (χ3v) is 2.44. The lowest BCUT2D eigenvalue weighted by Gasteiger charge is -2.08. The monoisotopic (exact) mass is 250 g/mol. The minimum absolute atomic E-state index is 0.269. The molecule has 2 aromatic heterocycles. The first kappa shape index (κ1) is 11.8. The van der Waals surface area contributed by atoms with Gasteiger partial charge in [-0.1, -0.05) is 0 Å². The Morgan fingerprint density at radius 3 is 1.44 bits per heavy atom. The molecule has 2 rings (SSSR count). The van der Waals surface area contributed by atoms with E-state index in [1.807, 2.05) is 0 Å². The van der Waals surface area contributed by atoms with Crippen LogP contribution >= 0.6 is 0 Å². The van der Waals surface area contributed by atoms with E-state index < -0.39 is 22.5 Å². The molecule has 0 saturated heterocycles. The van der Waals surface area contributed by atoms with Gasteiger partial charge in [0, 0.05) is 23.5 Å². The van der Waals surface area contributed by atoms with Crippen LogP contribution in [0.3, 0.4) is 0 Å². The number of hydrogen-bond donors (Lipinski definition) is 2. The Morgan fingerprint density at radius 1 is 0.778 bits per heavy atom. The number of rotatable bonds is 1. The lowest BCUT2D eigenvalue weighted by Crippen LogP contribution is -2.42. The van der Waals surface area contributed by atoms with Gasteiger partial charge in [0.15, 0.2) is 0 Å². The van der Waals surface area contributed by atoms with Crippen molar-refractivity contribution in [3.8, 4) is 0 Å². The largest absolute Gasteiger partial charge is 0.347 e. The van der Waals surface area contributed by atoms with E-state index in [9.17, 15) is 19.2 Å². The second-order valence-corrected chi connectivity index (χ2v) is 3.83. The lowest BCUT2D eigenvalue weighted by atomic mass is 10.4. The summed E-state index contributed by atoms with van der Waals surface area (Å²) < 4.78 is 1.84. The molecule has 0 aliphatic rings. The molecular formula is C10H10N4O4. The summed E-state index contributed by atoms with van der Waals surface area (Å²) in [6.07, 6.45) is 2.45. The van der Waals surface area contributed by atoms with E-state index in [1.54, 1.807) is 0 Å². The molecule has 0 aliphatic heterocycles. The highest BCUT2D eigenvalue weighted by molar-refractivity contribution is 5.04. The second kappa shape index (κ2) is 3.99. The quantitative estimate of drug-likeness (QED) is 0.629.